The Morgan fingerprint density at radius 2 is 2.12 bits per heavy atom. The second-order valence-corrected chi connectivity index (χ2v) is 5.71. The number of guanidine groups is 1. The third kappa shape index (κ3) is 5.51. The Kier molecular flexibility index (Phi) is 7.02. The van der Waals surface area contributed by atoms with Gasteiger partial charge in [-0.25, -0.2) is 4.99 Å². The third-order valence-electron chi connectivity index (χ3n) is 3.70. The minimum Gasteiger partial charge on any atom is -0.495 e. The molecule has 8 heteroatoms. The molecule has 0 atom stereocenters. The lowest BCUT2D eigenvalue weighted by Crippen LogP contribution is -2.37. The molecule has 0 aliphatic carbocycles. The van der Waals surface area contributed by atoms with Gasteiger partial charge < -0.3 is 20.7 Å². The lowest BCUT2D eigenvalue weighted by atomic mass is 10.2. The van der Waals surface area contributed by atoms with Crippen LogP contribution in [0.2, 0.25) is 0 Å². The maximum absolute atomic E-state index is 11.3. The first-order chi connectivity index (χ1) is 12.5. The molecule has 0 fully saturated rings. The number of nitrogens with zero attached hydrogens (tertiary/aromatic N) is 3. The smallest absolute Gasteiger partial charge is 0.221 e. The van der Waals surface area contributed by atoms with Gasteiger partial charge in [-0.2, -0.15) is 5.10 Å². The highest BCUT2D eigenvalue weighted by molar-refractivity contribution is 5.90. The highest BCUT2D eigenvalue weighted by Crippen LogP contribution is 2.25. The van der Waals surface area contributed by atoms with Crippen LogP contribution in [0.3, 0.4) is 0 Å². The van der Waals surface area contributed by atoms with Crippen LogP contribution >= 0.6 is 0 Å². The largest absolute Gasteiger partial charge is 0.495 e. The predicted octanol–water partition coefficient (Wildman–Crippen LogP) is 1.64. The van der Waals surface area contributed by atoms with E-state index in [0.717, 1.165) is 17.8 Å². The molecule has 1 aromatic heterocycles. The Labute approximate surface area is 153 Å². The Morgan fingerprint density at radius 1 is 1.31 bits per heavy atom. The summed E-state index contributed by atoms with van der Waals surface area (Å²) in [6.07, 6.45) is 1.77. The van der Waals surface area contributed by atoms with E-state index in [0.29, 0.717) is 30.5 Å². The van der Waals surface area contributed by atoms with Crippen molar-refractivity contribution in [3.8, 4) is 5.75 Å². The van der Waals surface area contributed by atoms with Gasteiger partial charge in [-0.15, -0.1) is 0 Å². The van der Waals surface area contributed by atoms with Crippen molar-refractivity contribution in [3.63, 3.8) is 0 Å². The van der Waals surface area contributed by atoms with Crippen LogP contribution in [0.4, 0.5) is 5.69 Å². The zero-order valence-electron chi connectivity index (χ0n) is 15.7. The van der Waals surface area contributed by atoms with E-state index in [1.165, 1.54) is 6.92 Å². The molecule has 140 valence electrons. The van der Waals surface area contributed by atoms with E-state index in [1.54, 1.807) is 13.3 Å². The van der Waals surface area contributed by atoms with E-state index in [1.807, 2.05) is 42.9 Å². The summed E-state index contributed by atoms with van der Waals surface area (Å²) >= 11 is 0. The molecule has 0 bridgehead atoms. The fourth-order valence-electron chi connectivity index (χ4n) is 2.40. The number of amides is 1. The van der Waals surface area contributed by atoms with Crippen LogP contribution in [0.25, 0.3) is 0 Å². The van der Waals surface area contributed by atoms with E-state index in [2.05, 4.69) is 26.0 Å². The third-order valence-corrected chi connectivity index (χ3v) is 3.70. The highest BCUT2D eigenvalue weighted by atomic mass is 16.5. The van der Waals surface area contributed by atoms with Crippen LogP contribution in [-0.2, 0) is 24.9 Å². The average molecular weight is 358 g/mol. The van der Waals surface area contributed by atoms with Gasteiger partial charge in [-0.3, -0.25) is 9.48 Å². The van der Waals surface area contributed by atoms with Crippen LogP contribution < -0.4 is 20.7 Å². The number of nitrogens with one attached hydrogen (secondary N) is 3. The topological polar surface area (TPSA) is 92.6 Å². The monoisotopic (exact) mass is 358 g/mol. The molecule has 0 spiro atoms. The van der Waals surface area contributed by atoms with Gasteiger partial charge in [-0.1, -0.05) is 6.07 Å². The van der Waals surface area contributed by atoms with Crippen molar-refractivity contribution < 1.29 is 9.53 Å². The molecular formula is C18H26N6O2. The van der Waals surface area contributed by atoms with Gasteiger partial charge in [0, 0.05) is 26.7 Å². The number of anilines is 1. The summed E-state index contributed by atoms with van der Waals surface area (Å²) in [6.45, 7) is 5.34. The average Bonchev–Trinajstić information content (AvgIpc) is 3.02. The van der Waals surface area contributed by atoms with Gasteiger partial charge in [-0.05, 0) is 30.7 Å². The number of rotatable bonds is 7. The summed E-state index contributed by atoms with van der Waals surface area (Å²) in [5, 5.41) is 13.4. The first kappa shape index (κ1) is 19.3. The molecule has 2 rings (SSSR count). The van der Waals surface area contributed by atoms with Crippen LogP contribution in [0.5, 0.6) is 5.75 Å². The van der Waals surface area contributed by atoms with E-state index in [9.17, 15) is 4.79 Å². The summed E-state index contributed by atoms with van der Waals surface area (Å²) in [5.41, 5.74) is 2.67. The maximum atomic E-state index is 11.3. The zero-order valence-corrected chi connectivity index (χ0v) is 15.7. The van der Waals surface area contributed by atoms with Crippen LogP contribution in [0, 0.1) is 0 Å². The molecule has 0 aliphatic rings. The summed E-state index contributed by atoms with van der Waals surface area (Å²) in [6, 6.07) is 7.58. The van der Waals surface area contributed by atoms with Crippen molar-refractivity contribution >= 4 is 17.6 Å². The molecule has 8 nitrogen and oxygen atoms in total. The number of ether oxygens (including phenoxy) is 1. The van der Waals surface area contributed by atoms with Crippen LogP contribution in [0.15, 0.2) is 35.5 Å². The Bertz CT molecular complexity index is 769. The maximum Gasteiger partial charge on any atom is 0.221 e. The lowest BCUT2D eigenvalue weighted by Gasteiger charge is -2.13. The van der Waals surface area contributed by atoms with E-state index >= 15 is 0 Å². The number of methoxy groups -OCH3 is 1. The molecule has 0 aliphatic heterocycles. The molecule has 1 amide bonds. The van der Waals surface area contributed by atoms with Gasteiger partial charge in [0.25, 0.3) is 0 Å². The number of carbonyl (C=O) groups excluding carboxylic acids is 1. The van der Waals surface area contributed by atoms with E-state index in [-0.39, 0.29) is 5.91 Å². The molecular weight excluding hydrogens is 332 g/mol. The van der Waals surface area contributed by atoms with Gasteiger partial charge in [0.15, 0.2) is 5.96 Å². The van der Waals surface area contributed by atoms with Crippen molar-refractivity contribution in [2.24, 2.45) is 12.0 Å². The molecule has 0 saturated carbocycles. The van der Waals surface area contributed by atoms with Crippen LogP contribution in [0.1, 0.15) is 25.1 Å². The fraction of sp³-hybridized carbons (Fsp3) is 0.389. The van der Waals surface area contributed by atoms with Crippen molar-refractivity contribution in [2.75, 3.05) is 19.0 Å². The second-order valence-electron chi connectivity index (χ2n) is 5.71. The van der Waals surface area contributed by atoms with E-state index in [4.69, 9.17) is 4.74 Å². The number of aromatic nitrogens is 2. The number of carbonyl (C=O) groups is 1. The van der Waals surface area contributed by atoms with Gasteiger partial charge in [0.05, 0.1) is 31.6 Å². The van der Waals surface area contributed by atoms with Crippen molar-refractivity contribution in [3.05, 3.63) is 41.7 Å². The lowest BCUT2D eigenvalue weighted by molar-refractivity contribution is -0.114. The van der Waals surface area contributed by atoms with E-state index < -0.39 is 0 Å². The summed E-state index contributed by atoms with van der Waals surface area (Å²) in [4.78, 5) is 15.9. The number of hydrogen-bond acceptors (Lipinski definition) is 4. The minimum atomic E-state index is -0.143. The number of benzene rings is 1. The minimum absolute atomic E-state index is 0.143. The van der Waals surface area contributed by atoms with Gasteiger partial charge >= 0.3 is 0 Å². The SMILES string of the molecule is CCNC(=NCc1ccc(OC)c(NC(C)=O)c1)NCc1ccnn1C. The quantitative estimate of drug-likeness (QED) is 0.517. The summed E-state index contributed by atoms with van der Waals surface area (Å²) in [5.74, 6) is 1.19. The first-order valence-corrected chi connectivity index (χ1v) is 8.47. The predicted molar refractivity (Wildman–Crippen MR) is 102 cm³/mol. The Balaban J connectivity index is 2.08. The molecule has 3 N–H and O–H groups in total. The first-order valence-electron chi connectivity index (χ1n) is 8.47. The summed E-state index contributed by atoms with van der Waals surface area (Å²) in [7, 11) is 3.48. The second kappa shape index (κ2) is 9.45. The fourth-order valence-corrected chi connectivity index (χ4v) is 2.40. The molecule has 26 heavy (non-hydrogen) atoms. The Morgan fingerprint density at radius 3 is 2.73 bits per heavy atom. The highest BCUT2D eigenvalue weighted by Gasteiger charge is 2.07. The number of aliphatic imine (C=N–C) groups is 1. The normalized spacial score (nSPS) is 11.2. The number of hydrogen-bond donors (Lipinski definition) is 3. The van der Waals surface area contributed by atoms with Gasteiger partial charge in [0.2, 0.25) is 5.91 Å². The summed E-state index contributed by atoms with van der Waals surface area (Å²) < 4.78 is 7.09. The number of aryl methyl sites for hydroxylation is 1. The molecule has 0 radical (unpaired) electrons. The van der Waals surface area contributed by atoms with Crippen molar-refractivity contribution in [1.29, 1.82) is 0 Å². The molecule has 2 aromatic rings. The zero-order chi connectivity index (χ0) is 18.9. The van der Waals surface area contributed by atoms with Crippen molar-refractivity contribution in [1.82, 2.24) is 20.4 Å². The molecule has 1 heterocycles. The van der Waals surface area contributed by atoms with Crippen molar-refractivity contribution in [2.45, 2.75) is 26.9 Å². The molecule has 1 aromatic carbocycles. The van der Waals surface area contributed by atoms with Crippen LogP contribution in [-0.4, -0.2) is 35.3 Å². The Hall–Kier alpha value is -3.03. The van der Waals surface area contributed by atoms with Gasteiger partial charge in [0.1, 0.15) is 5.75 Å². The molecule has 0 unspecified atom stereocenters. The standard InChI is InChI=1S/C18H26N6O2/c1-5-19-18(21-12-15-8-9-22-24(15)3)20-11-14-6-7-17(26-4)16(10-14)23-13(2)25/h6-10H,5,11-12H2,1-4H3,(H,23,25)(H2,19,20,21). The molecule has 0 saturated heterocycles.